The molecule has 5 heteroatoms. The Hall–Kier alpha value is -1.10. The minimum atomic E-state index is -0.477. The predicted octanol–water partition coefficient (Wildman–Crippen LogP) is 1.96. The Kier molecular flexibility index (Phi) is 4.55. The van der Waals surface area contributed by atoms with Crippen molar-refractivity contribution >= 4 is 21.8 Å². The predicted molar refractivity (Wildman–Crippen MR) is 59.1 cm³/mol. The topological polar surface area (TPSA) is 38.3 Å². The molecule has 3 nitrogen and oxygen atoms in total. The first kappa shape index (κ1) is 12.0. The first-order valence-corrected chi connectivity index (χ1v) is 5.49. The highest BCUT2D eigenvalue weighted by molar-refractivity contribution is 9.09. The second kappa shape index (κ2) is 5.70. The van der Waals surface area contributed by atoms with Gasteiger partial charge in [-0.05, 0) is 18.2 Å². The van der Waals surface area contributed by atoms with Gasteiger partial charge in [-0.2, -0.15) is 0 Å². The van der Waals surface area contributed by atoms with E-state index >= 15 is 0 Å². The molecule has 1 N–H and O–H groups in total. The van der Waals surface area contributed by atoms with Crippen LogP contribution in [-0.2, 0) is 0 Å². The van der Waals surface area contributed by atoms with Gasteiger partial charge >= 0.3 is 0 Å². The minimum absolute atomic E-state index is 0.0708. The van der Waals surface area contributed by atoms with Crippen LogP contribution in [0.5, 0.6) is 5.75 Å². The van der Waals surface area contributed by atoms with Crippen LogP contribution in [0, 0.1) is 5.82 Å². The SMILES string of the molecule is COc1cc(C(=O)NCCBr)ccc1F. The summed E-state index contributed by atoms with van der Waals surface area (Å²) in [5.41, 5.74) is 0.384. The molecule has 0 aliphatic carbocycles. The fraction of sp³-hybridized carbons (Fsp3) is 0.300. The third kappa shape index (κ3) is 3.20. The van der Waals surface area contributed by atoms with Crippen LogP contribution in [0.2, 0.25) is 0 Å². The maximum absolute atomic E-state index is 13.0. The lowest BCUT2D eigenvalue weighted by Gasteiger charge is -2.06. The lowest BCUT2D eigenvalue weighted by Crippen LogP contribution is -2.25. The van der Waals surface area contributed by atoms with Crippen LogP contribution in [0.25, 0.3) is 0 Å². The molecule has 0 radical (unpaired) electrons. The van der Waals surface area contributed by atoms with E-state index in [1.54, 1.807) is 0 Å². The summed E-state index contributed by atoms with van der Waals surface area (Å²) in [5.74, 6) is -0.649. The van der Waals surface area contributed by atoms with Gasteiger partial charge in [-0.25, -0.2) is 4.39 Å². The van der Waals surface area contributed by atoms with Crippen molar-refractivity contribution in [3.63, 3.8) is 0 Å². The zero-order valence-corrected chi connectivity index (χ0v) is 9.80. The molecule has 0 saturated heterocycles. The lowest BCUT2D eigenvalue weighted by molar-refractivity contribution is 0.0956. The molecule has 82 valence electrons. The van der Waals surface area contributed by atoms with E-state index in [2.05, 4.69) is 21.2 Å². The van der Waals surface area contributed by atoms with Crippen molar-refractivity contribution in [3.05, 3.63) is 29.6 Å². The molecule has 1 amide bonds. The number of halogens is 2. The molecule has 0 spiro atoms. The third-order valence-electron chi connectivity index (χ3n) is 1.79. The van der Waals surface area contributed by atoms with E-state index in [-0.39, 0.29) is 11.7 Å². The quantitative estimate of drug-likeness (QED) is 0.854. The highest BCUT2D eigenvalue weighted by Gasteiger charge is 2.09. The van der Waals surface area contributed by atoms with Crippen molar-refractivity contribution in [2.24, 2.45) is 0 Å². The normalized spacial score (nSPS) is 9.80. The Balaban J connectivity index is 2.81. The van der Waals surface area contributed by atoms with E-state index < -0.39 is 5.82 Å². The lowest BCUT2D eigenvalue weighted by atomic mass is 10.2. The Morgan fingerprint density at radius 3 is 2.93 bits per heavy atom. The molecule has 0 saturated carbocycles. The van der Waals surface area contributed by atoms with Crippen LogP contribution >= 0.6 is 15.9 Å². The molecule has 0 aromatic heterocycles. The fourth-order valence-corrected chi connectivity index (χ4v) is 1.26. The minimum Gasteiger partial charge on any atom is -0.494 e. The number of benzene rings is 1. The highest BCUT2D eigenvalue weighted by atomic mass is 79.9. The van der Waals surface area contributed by atoms with E-state index in [4.69, 9.17) is 4.74 Å². The highest BCUT2D eigenvalue weighted by Crippen LogP contribution is 2.17. The second-order valence-electron chi connectivity index (χ2n) is 2.79. The van der Waals surface area contributed by atoms with E-state index in [1.165, 1.54) is 25.3 Å². The number of methoxy groups -OCH3 is 1. The zero-order chi connectivity index (χ0) is 11.3. The summed E-state index contributed by atoms with van der Waals surface area (Å²) in [6, 6.07) is 4.00. The van der Waals surface area contributed by atoms with E-state index in [0.29, 0.717) is 17.4 Å². The van der Waals surface area contributed by atoms with Crippen LogP contribution in [0.4, 0.5) is 4.39 Å². The van der Waals surface area contributed by atoms with Gasteiger partial charge in [-0.15, -0.1) is 0 Å². The van der Waals surface area contributed by atoms with Gasteiger partial charge in [0.2, 0.25) is 0 Å². The van der Waals surface area contributed by atoms with Crippen LogP contribution in [-0.4, -0.2) is 24.9 Å². The first-order valence-electron chi connectivity index (χ1n) is 4.36. The summed E-state index contributed by atoms with van der Waals surface area (Å²) in [6.07, 6.45) is 0. The monoisotopic (exact) mass is 275 g/mol. The maximum Gasteiger partial charge on any atom is 0.251 e. The number of nitrogens with one attached hydrogen (secondary N) is 1. The van der Waals surface area contributed by atoms with Crippen LogP contribution in [0.1, 0.15) is 10.4 Å². The Morgan fingerprint density at radius 2 is 2.33 bits per heavy atom. The number of carbonyl (C=O) groups excluding carboxylic acids is 1. The Labute approximate surface area is 95.7 Å². The van der Waals surface area contributed by atoms with Crippen molar-refractivity contribution in [3.8, 4) is 5.75 Å². The Bertz CT molecular complexity index is 357. The van der Waals surface area contributed by atoms with Gasteiger partial charge in [-0.1, -0.05) is 15.9 Å². The third-order valence-corrected chi connectivity index (χ3v) is 2.19. The van der Waals surface area contributed by atoms with Crippen molar-refractivity contribution in [1.29, 1.82) is 0 Å². The van der Waals surface area contributed by atoms with Gasteiger partial charge < -0.3 is 10.1 Å². The van der Waals surface area contributed by atoms with Gasteiger partial charge in [0.15, 0.2) is 11.6 Å². The maximum atomic E-state index is 13.0. The smallest absolute Gasteiger partial charge is 0.251 e. The van der Waals surface area contributed by atoms with Crippen LogP contribution < -0.4 is 10.1 Å². The summed E-state index contributed by atoms with van der Waals surface area (Å²) >= 11 is 3.19. The summed E-state index contributed by atoms with van der Waals surface area (Å²) < 4.78 is 17.8. The molecule has 0 atom stereocenters. The number of hydrogen-bond donors (Lipinski definition) is 1. The van der Waals surface area contributed by atoms with Crippen LogP contribution in [0.3, 0.4) is 0 Å². The summed E-state index contributed by atoms with van der Waals surface area (Å²) in [7, 11) is 1.36. The number of carbonyl (C=O) groups is 1. The van der Waals surface area contributed by atoms with Crippen molar-refractivity contribution < 1.29 is 13.9 Å². The van der Waals surface area contributed by atoms with Crippen molar-refractivity contribution in [2.75, 3.05) is 19.0 Å². The number of alkyl halides is 1. The van der Waals surface area contributed by atoms with Gasteiger partial charge in [0.25, 0.3) is 5.91 Å². The molecule has 1 aromatic carbocycles. The van der Waals surface area contributed by atoms with E-state index in [9.17, 15) is 9.18 Å². The molecule has 1 rings (SSSR count). The molecule has 0 unspecified atom stereocenters. The summed E-state index contributed by atoms with van der Waals surface area (Å²) in [6.45, 7) is 0.526. The van der Waals surface area contributed by atoms with Gasteiger partial charge in [-0.3, -0.25) is 4.79 Å². The summed E-state index contributed by atoms with van der Waals surface area (Å²) in [4.78, 5) is 11.5. The van der Waals surface area contributed by atoms with Crippen molar-refractivity contribution in [1.82, 2.24) is 5.32 Å². The number of amides is 1. The Morgan fingerprint density at radius 1 is 1.60 bits per heavy atom. The molecular weight excluding hydrogens is 265 g/mol. The molecular formula is C10H11BrFNO2. The van der Waals surface area contributed by atoms with E-state index in [1.807, 2.05) is 0 Å². The summed E-state index contributed by atoms with van der Waals surface area (Å²) in [5, 5.41) is 3.33. The first-order chi connectivity index (χ1) is 7.19. The fourth-order valence-electron chi connectivity index (χ4n) is 1.06. The average molecular weight is 276 g/mol. The molecule has 0 heterocycles. The zero-order valence-electron chi connectivity index (χ0n) is 8.22. The number of rotatable bonds is 4. The molecule has 0 bridgehead atoms. The van der Waals surface area contributed by atoms with Crippen LogP contribution in [0.15, 0.2) is 18.2 Å². The molecule has 0 aliphatic rings. The van der Waals surface area contributed by atoms with E-state index in [0.717, 1.165) is 0 Å². The molecule has 0 aliphatic heterocycles. The van der Waals surface area contributed by atoms with Gasteiger partial charge in [0, 0.05) is 17.4 Å². The largest absolute Gasteiger partial charge is 0.494 e. The molecule has 1 aromatic rings. The standard InChI is InChI=1S/C10H11BrFNO2/c1-15-9-6-7(2-3-8(9)12)10(14)13-5-4-11/h2-3,6H,4-5H2,1H3,(H,13,14). The number of ether oxygens (including phenoxy) is 1. The van der Waals surface area contributed by atoms with Gasteiger partial charge in [0.05, 0.1) is 7.11 Å². The second-order valence-corrected chi connectivity index (χ2v) is 3.59. The van der Waals surface area contributed by atoms with Crippen molar-refractivity contribution in [2.45, 2.75) is 0 Å². The molecule has 0 fully saturated rings. The molecule has 15 heavy (non-hydrogen) atoms. The number of hydrogen-bond acceptors (Lipinski definition) is 2. The average Bonchev–Trinajstić information content (AvgIpc) is 2.26. The van der Waals surface area contributed by atoms with Gasteiger partial charge in [0.1, 0.15) is 0 Å².